The van der Waals surface area contributed by atoms with Crippen molar-refractivity contribution in [3.8, 4) is 5.75 Å². The summed E-state index contributed by atoms with van der Waals surface area (Å²) in [7, 11) is 3.48. The molecule has 1 aromatic rings. The lowest BCUT2D eigenvalue weighted by molar-refractivity contribution is 0.0822. The monoisotopic (exact) mass is 234 g/mol. The van der Waals surface area contributed by atoms with E-state index in [1.54, 1.807) is 31.4 Å². The van der Waals surface area contributed by atoms with Gasteiger partial charge in [-0.25, -0.2) is 0 Å². The van der Waals surface area contributed by atoms with Gasteiger partial charge in [-0.3, -0.25) is 9.78 Å². The molecule has 1 aromatic heterocycles. The van der Waals surface area contributed by atoms with Crippen molar-refractivity contribution in [3.05, 3.63) is 23.5 Å². The SMILES string of the molecule is CCc1cncc(C(=O)N(C)C)c1OC1CC1. The molecule has 0 aromatic carbocycles. The Bertz CT molecular complexity index is 425. The minimum absolute atomic E-state index is 0.0524. The number of carbonyl (C=O) groups excluding carboxylic acids is 1. The molecule has 1 aliphatic rings. The zero-order valence-corrected chi connectivity index (χ0v) is 10.6. The molecule has 1 heterocycles. The molecule has 1 aliphatic carbocycles. The number of aryl methyl sites for hydroxylation is 1. The molecule has 4 nitrogen and oxygen atoms in total. The lowest BCUT2D eigenvalue weighted by Crippen LogP contribution is -2.23. The van der Waals surface area contributed by atoms with Gasteiger partial charge in [0, 0.05) is 32.1 Å². The van der Waals surface area contributed by atoms with Gasteiger partial charge in [-0.05, 0) is 19.3 Å². The molecular formula is C13H18N2O2. The Labute approximate surface area is 102 Å². The third-order valence-electron chi connectivity index (χ3n) is 2.80. The van der Waals surface area contributed by atoms with Crippen LogP contribution in [0.2, 0.25) is 0 Å². The van der Waals surface area contributed by atoms with Gasteiger partial charge in [-0.1, -0.05) is 6.92 Å². The van der Waals surface area contributed by atoms with E-state index in [1.165, 1.54) is 0 Å². The van der Waals surface area contributed by atoms with Crippen molar-refractivity contribution in [2.24, 2.45) is 0 Å². The van der Waals surface area contributed by atoms with Crippen LogP contribution in [0, 0.1) is 0 Å². The largest absolute Gasteiger partial charge is 0.489 e. The van der Waals surface area contributed by atoms with Crippen molar-refractivity contribution < 1.29 is 9.53 Å². The Morgan fingerprint density at radius 2 is 2.18 bits per heavy atom. The standard InChI is InChI=1S/C13H18N2O2/c1-4-9-7-14-8-11(13(16)15(2)3)12(9)17-10-5-6-10/h7-8,10H,4-6H2,1-3H3. The van der Waals surface area contributed by atoms with E-state index >= 15 is 0 Å². The highest BCUT2D eigenvalue weighted by Crippen LogP contribution is 2.32. The second-order valence-corrected chi connectivity index (χ2v) is 4.55. The van der Waals surface area contributed by atoms with Crippen LogP contribution in [0.3, 0.4) is 0 Å². The summed E-state index contributed by atoms with van der Waals surface area (Å²) in [6.45, 7) is 2.04. The number of ether oxygens (including phenoxy) is 1. The van der Waals surface area contributed by atoms with E-state index in [1.807, 2.05) is 6.92 Å². The maximum Gasteiger partial charge on any atom is 0.258 e. The number of hydrogen-bond donors (Lipinski definition) is 0. The second kappa shape index (κ2) is 4.73. The van der Waals surface area contributed by atoms with Crippen LogP contribution >= 0.6 is 0 Å². The summed E-state index contributed by atoms with van der Waals surface area (Å²) < 4.78 is 5.86. The van der Waals surface area contributed by atoms with E-state index in [2.05, 4.69) is 4.98 Å². The zero-order valence-electron chi connectivity index (χ0n) is 10.6. The molecular weight excluding hydrogens is 216 g/mol. The first-order chi connectivity index (χ1) is 8.13. The van der Waals surface area contributed by atoms with E-state index in [9.17, 15) is 4.79 Å². The molecule has 92 valence electrons. The Morgan fingerprint density at radius 1 is 1.47 bits per heavy atom. The second-order valence-electron chi connectivity index (χ2n) is 4.55. The van der Waals surface area contributed by atoms with Gasteiger partial charge in [-0.2, -0.15) is 0 Å². The van der Waals surface area contributed by atoms with Crippen LogP contribution in [-0.2, 0) is 6.42 Å². The van der Waals surface area contributed by atoms with Crippen LogP contribution < -0.4 is 4.74 Å². The molecule has 17 heavy (non-hydrogen) atoms. The minimum atomic E-state index is -0.0524. The summed E-state index contributed by atoms with van der Waals surface area (Å²) in [5.74, 6) is 0.673. The number of amides is 1. The normalized spacial score (nSPS) is 14.5. The Morgan fingerprint density at radius 3 is 2.71 bits per heavy atom. The van der Waals surface area contributed by atoms with Crippen LogP contribution in [0.1, 0.15) is 35.7 Å². The number of hydrogen-bond acceptors (Lipinski definition) is 3. The summed E-state index contributed by atoms with van der Waals surface area (Å²) in [6.07, 6.45) is 6.66. The third kappa shape index (κ3) is 2.57. The zero-order chi connectivity index (χ0) is 12.4. The topological polar surface area (TPSA) is 42.4 Å². The summed E-state index contributed by atoms with van der Waals surface area (Å²) in [6, 6.07) is 0. The third-order valence-corrected chi connectivity index (χ3v) is 2.80. The van der Waals surface area contributed by atoms with Crippen LogP contribution in [0.4, 0.5) is 0 Å². The first-order valence-corrected chi connectivity index (χ1v) is 5.98. The fraction of sp³-hybridized carbons (Fsp3) is 0.538. The van der Waals surface area contributed by atoms with Crippen molar-refractivity contribution >= 4 is 5.91 Å². The van der Waals surface area contributed by atoms with Crippen LogP contribution in [0.15, 0.2) is 12.4 Å². The minimum Gasteiger partial charge on any atom is -0.489 e. The van der Waals surface area contributed by atoms with Crippen molar-refractivity contribution in [2.45, 2.75) is 32.3 Å². The van der Waals surface area contributed by atoms with Gasteiger partial charge in [-0.15, -0.1) is 0 Å². The number of pyridine rings is 1. The number of rotatable bonds is 4. The van der Waals surface area contributed by atoms with Gasteiger partial charge in [0.05, 0.1) is 6.10 Å². The molecule has 0 spiro atoms. The van der Waals surface area contributed by atoms with E-state index in [4.69, 9.17) is 4.74 Å². The van der Waals surface area contributed by atoms with Gasteiger partial charge in [0.2, 0.25) is 0 Å². The molecule has 0 N–H and O–H groups in total. The molecule has 0 radical (unpaired) electrons. The lowest BCUT2D eigenvalue weighted by atomic mass is 10.1. The van der Waals surface area contributed by atoms with Gasteiger partial charge in [0.25, 0.3) is 5.91 Å². The number of carbonyl (C=O) groups is 1. The predicted octanol–water partition coefficient (Wildman–Crippen LogP) is 1.89. The predicted molar refractivity (Wildman–Crippen MR) is 65.3 cm³/mol. The number of aromatic nitrogens is 1. The van der Waals surface area contributed by atoms with E-state index < -0.39 is 0 Å². The Hall–Kier alpha value is -1.58. The van der Waals surface area contributed by atoms with Crippen LogP contribution in [0.5, 0.6) is 5.75 Å². The number of nitrogens with zero attached hydrogens (tertiary/aromatic N) is 2. The van der Waals surface area contributed by atoms with Crippen molar-refractivity contribution in [3.63, 3.8) is 0 Å². The van der Waals surface area contributed by atoms with E-state index in [0.29, 0.717) is 5.56 Å². The average Bonchev–Trinajstić information content (AvgIpc) is 3.12. The summed E-state index contributed by atoms with van der Waals surface area (Å²) in [5.41, 5.74) is 1.57. The highest BCUT2D eigenvalue weighted by atomic mass is 16.5. The van der Waals surface area contributed by atoms with Crippen LogP contribution in [-0.4, -0.2) is 36.0 Å². The summed E-state index contributed by atoms with van der Waals surface area (Å²) >= 11 is 0. The first-order valence-electron chi connectivity index (χ1n) is 5.98. The Balaban J connectivity index is 2.37. The first kappa shape index (κ1) is 11.9. The van der Waals surface area contributed by atoms with Crippen LogP contribution in [0.25, 0.3) is 0 Å². The molecule has 2 rings (SSSR count). The summed E-state index contributed by atoms with van der Waals surface area (Å²) in [5, 5.41) is 0. The molecule has 0 atom stereocenters. The van der Waals surface area contributed by atoms with Gasteiger partial charge >= 0.3 is 0 Å². The fourth-order valence-corrected chi connectivity index (χ4v) is 1.63. The molecule has 1 amide bonds. The molecule has 0 bridgehead atoms. The molecule has 1 saturated carbocycles. The highest BCUT2D eigenvalue weighted by molar-refractivity contribution is 5.96. The summed E-state index contributed by atoms with van der Waals surface area (Å²) in [4.78, 5) is 17.7. The molecule has 4 heteroatoms. The van der Waals surface area contributed by atoms with Gasteiger partial charge < -0.3 is 9.64 Å². The van der Waals surface area contributed by atoms with Crippen molar-refractivity contribution in [2.75, 3.05) is 14.1 Å². The lowest BCUT2D eigenvalue weighted by Gasteiger charge is -2.16. The smallest absolute Gasteiger partial charge is 0.258 e. The molecule has 1 fully saturated rings. The maximum atomic E-state index is 12.0. The van der Waals surface area contributed by atoms with Crippen molar-refractivity contribution in [1.82, 2.24) is 9.88 Å². The fourth-order valence-electron chi connectivity index (χ4n) is 1.63. The van der Waals surface area contributed by atoms with Crippen molar-refractivity contribution in [1.29, 1.82) is 0 Å². The Kier molecular flexibility index (Phi) is 3.31. The van der Waals surface area contributed by atoms with Gasteiger partial charge in [0.1, 0.15) is 11.3 Å². The van der Waals surface area contributed by atoms with Gasteiger partial charge in [0.15, 0.2) is 0 Å². The average molecular weight is 234 g/mol. The van der Waals surface area contributed by atoms with E-state index in [-0.39, 0.29) is 12.0 Å². The molecule has 0 unspecified atom stereocenters. The maximum absolute atomic E-state index is 12.0. The quantitative estimate of drug-likeness (QED) is 0.799. The van der Waals surface area contributed by atoms with E-state index in [0.717, 1.165) is 30.6 Å². The molecule has 0 saturated heterocycles. The highest BCUT2D eigenvalue weighted by Gasteiger charge is 2.27. The molecule has 0 aliphatic heterocycles.